The Bertz CT molecular complexity index is 1600. The molecule has 0 radical (unpaired) electrons. The number of carbonyl (C=O) groups is 1. The van der Waals surface area contributed by atoms with Crippen LogP contribution in [-0.2, 0) is 33.2 Å². The highest BCUT2D eigenvalue weighted by Gasteiger charge is 2.53. The Balaban J connectivity index is 1.32. The van der Waals surface area contributed by atoms with E-state index in [1.165, 1.54) is 141 Å². The predicted molar refractivity (Wildman–Crippen MR) is 305 cm³/mol. The van der Waals surface area contributed by atoms with E-state index < -0.39 is 124 Å². The summed E-state index contributed by atoms with van der Waals surface area (Å²) in [6.07, 6.45) is 23.0. The number of allylic oxidation sites excluding steroid dienone is 5. The summed E-state index contributed by atoms with van der Waals surface area (Å²) < 4.78 is 34.0. The number of aliphatic hydroxyl groups is 11. The minimum atomic E-state index is -1.98. The number of nitrogens with one attached hydrogen (secondary N) is 1. The Morgan fingerprint density at radius 1 is 0.438 bits per heavy atom. The summed E-state index contributed by atoms with van der Waals surface area (Å²) in [4.78, 5) is 12.9. The molecular formula is C61H111NO18. The lowest BCUT2D eigenvalue weighted by atomic mass is 9.96. The third-order valence-corrected chi connectivity index (χ3v) is 15.7. The molecule has 3 rings (SSSR count). The van der Waals surface area contributed by atoms with Crippen LogP contribution in [-0.4, -0.2) is 193 Å². The zero-order valence-corrected chi connectivity index (χ0v) is 48.8. The monoisotopic (exact) mass is 1150 g/mol. The van der Waals surface area contributed by atoms with Gasteiger partial charge in [0, 0.05) is 6.42 Å². The molecule has 19 heteroatoms. The molecule has 1 amide bonds. The second-order valence-corrected chi connectivity index (χ2v) is 22.5. The Morgan fingerprint density at radius 3 is 1.25 bits per heavy atom. The van der Waals surface area contributed by atoms with Crippen LogP contribution >= 0.6 is 0 Å². The molecule has 0 saturated carbocycles. The maximum Gasteiger partial charge on any atom is 0.220 e. The standard InChI is InChI=1S/C61H111NO18/c1-3-5-7-8-9-10-11-12-13-14-15-16-17-18-19-20-21-22-23-24-25-26-27-28-29-30-31-32-33-34-35-37-38-45(66)44(62-49(67)39-36-6-4-2)43-75-59-55(73)52(70)57(47(41-64)77-59)80-61-56(74)53(71)58(48(42-65)78-61)79-60-54(72)51(69)50(68)46(40-63)76-60/h28-29,32-33,37-38,44-48,50-61,63-66,68-74H,3-27,30-31,34-36,39-43H2,1-2H3,(H,62,67)/b29-28+,33-32+,38-37+. The maximum atomic E-state index is 12.9. The van der Waals surface area contributed by atoms with Crippen molar-refractivity contribution in [3.05, 3.63) is 36.5 Å². The number of hydrogen-bond acceptors (Lipinski definition) is 18. The first kappa shape index (κ1) is 72.3. The van der Waals surface area contributed by atoms with Crippen molar-refractivity contribution >= 4 is 5.91 Å². The van der Waals surface area contributed by atoms with Crippen LogP contribution in [0, 0.1) is 0 Å². The molecule has 0 aromatic heterocycles. The van der Waals surface area contributed by atoms with Crippen LogP contribution in [0.5, 0.6) is 0 Å². The molecule has 17 unspecified atom stereocenters. The van der Waals surface area contributed by atoms with Gasteiger partial charge < -0.3 is 89.9 Å². The summed E-state index contributed by atoms with van der Waals surface area (Å²) in [7, 11) is 0. The van der Waals surface area contributed by atoms with E-state index in [9.17, 15) is 61.0 Å². The molecule has 19 nitrogen and oxygen atoms in total. The molecule has 3 saturated heterocycles. The lowest BCUT2D eigenvalue weighted by Gasteiger charge is -2.48. The van der Waals surface area contributed by atoms with Gasteiger partial charge in [-0.1, -0.05) is 198 Å². The van der Waals surface area contributed by atoms with Gasteiger partial charge in [0.2, 0.25) is 5.91 Å². The van der Waals surface area contributed by atoms with E-state index in [0.29, 0.717) is 12.8 Å². The SMILES string of the molecule is CCCCCCCCCCCCCCCCCCCCCCCC/C=C/CC/C=C/CC/C=C/C(O)C(COC1OC(CO)C(OC2OC(CO)C(OC3OC(CO)C(O)C(O)C3O)C(O)C2O)C(O)C1O)NC(=O)CCCCC. The lowest BCUT2D eigenvalue weighted by Crippen LogP contribution is -2.66. The molecular weight excluding hydrogens is 1030 g/mol. The van der Waals surface area contributed by atoms with Gasteiger partial charge >= 0.3 is 0 Å². The first-order valence-electron chi connectivity index (χ1n) is 31.2. The first-order chi connectivity index (χ1) is 38.8. The minimum absolute atomic E-state index is 0.217. The van der Waals surface area contributed by atoms with E-state index in [2.05, 4.69) is 36.5 Å². The van der Waals surface area contributed by atoms with Crippen molar-refractivity contribution in [1.29, 1.82) is 0 Å². The first-order valence-corrected chi connectivity index (χ1v) is 31.2. The fourth-order valence-corrected chi connectivity index (χ4v) is 10.5. The summed E-state index contributed by atoms with van der Waals surface area (Å²) in [5, 5.41) is 119. The van der Waals surface area contributed by atoms with Gasteiger partial charge in [0.25, 0.3) is 0 Å². The van der Waals surface area contributed by atoms with Crippen LogP contribution in [0.4, 0.5) is 0 Å². The highest BCUT2D eigenvalue weighted by atomic mass is 16.8. The quantitative estimate of drug-likeness (QED) is 0.0242. The van der Waals surface area contributed by atoms with Crippen LogP contribution in [0.25, 0.3) is 0 Å². The number of rotatable bonds is 46. The van der Waals surface area contributed by atoms with Gasteiger partial charge in [0.1, 0.15) is 73.2 Å². The summed E-state index contributed by atoms with van der Waals surface area (Å²) in [6.45, 7) is 1.49. The Labute approximate surface area is 479 Å². The van der Waals surface area contributed by atoms with E-state index in [0.717, 1.165) is 38.5 Å². The van der Waals surface area contributed by atoms with Crippen molar-refractivity contribution in [1.82, 2.24) is 5.32 Å². The van der Waals surface area contributed by atoms with Crippen LogP contribution in [0.1, 0.15) is 213 Å². The fourth-order valence-electron chi connectivity index (χ4n) is 10.5. The predicted octanol–water partition coefficient (Wildman–Crippen LogP) is 6.10. The van der Waals surface area contributed by atoms with E-state index in [4.69, 9.17) is 28.4 Å². The summed E-state index contributed by atoms with van der Waals surface area (Å²) in [6, 6.07) is -0.989. The van der Waals surface area contributed by atoms with Crippen molar-refractivity contribution < 1.29 is 89.4 Å². The molecule has 0 aromatic rings. The highest BCUT2D eigenvalue weighted by Crippen LogP contribution is 2.33. The van der Waals surface area contributed by atoms with Crippen molar-refractivity contribution in [3.63, 3.8) is 0 Å². The largest absolute Gasteiger partial charge is 0.394 e. The minimum Gasteiger partial charge on any atom is -0.394 e. The van der Waals surface area contributed by atoms with Crippen LogP contribution in [0.3, 0.4) is 0 Å². The van der Waals surface area contributed by atoms with Gasteiger partial charge in [0.15, 0.2) is 18.9 Å². The number of unbranched alkanes of at least 4 members (excludes halogenated alkanes) is 26. The maximum absolute atomic E-state index is 12.9. The number of ether oxygens (including phenoxy) is 6. The molecule has 468 valence electrons. The molecule has 0 aliphatic carbocycles. The Hall–Kier alpha value is -1.99. The molecule has 0 spiro atoms. The number of hydrogen-bond donors (Lipinski definition) is 12. The second-order valence-electron chi connectivity index (χ2n) is 22.5. The molecule has 0 aromatic carbocycles. The number of amides is 1. The van der Waals surface area contributed by atoms with Crippen LogP contribution < -0.4 is 5.32 Å². The Morgan fingerprint density at radius 2 is 0.800 bits per heavy atom. The van der Waals surface area contributed by atoms with E-state index in [-0.39, 0.29) is 18.9 Å². The van der Waals surface area contributed by atoms with Gasteiger partial charge in [-0.2, -0.15) is 0 Å². The fraction of sp³-hybridized carbons (Fsp3) is 0.885. The summed E-state index contributed by atoms with van der Waals surface area (Å²) in [5.41, 5.74) is 0. The van der Waals surface area contributed by atoms with E-state index >= 15 is 0 Å². The zero-order chi connectivity index (χ0) is 58.3. The van der Waals surface area contributed by atoms with E-state index in [1.807, 2.05) is 13.0 Å². The molecule has 3 aliphatic rings. The van der Waals surface area contributed by atoms with Crippen molar-refractivity contribution in [2.45, 2.75) is 317 Å². The lowest BCUT2D eigenvalue weighted by molar-refractivity contribution is -0.379. The van der Waals surface area contributed by atoms with Gasteiger partial charge in [-0.25, -0.2) is 0 Å². The van der Waals surface area contributed by atoms with Crippen LogP contribution in [0.15, 0.2) is 36.5 Å². The zero-order valence-electron chi connectivity index (χ0n) is 48.8. The van der Waals surface area contributed by atoms with Gasteiger partial charge in [-0.3, -0.25) is 4.79 Å². The molecule has 0 bridgehead atoms. The van der Waals surface area contributed by atoms with Crippen LogP contribution in [0.2, 0.25) is 0 Å². The van der Waals surface area contributed by atoms with Gasteiger partial charge in [-0.05, 0) is 44.9 Å². The summed E-state index contributed by atoms with van der Waals surface area (Å²) in [5.74, 6) is -0.315. The molecule has 12 N–H and O–H groups in total. The van der Waals surface area contributed by atoms with E-state index in [1.54, 1.807) is 6.08 Å². The molecule has 3 aliphatic heterocycles. The van der Waals surface area contributed by atoms with Crippen molar-refractivity contribution in [3.8, 4) is 0 Å². The smallest absolute Gasteiger partial charge is 0.220 e. The third-order valence-electron chi connectivity index (χ3n) is 15.7. The molecule has 3 heterocycles. The Kier molecular flexibility index (Phi) is 40.2. The third kappa shape index (κ3) is 27.8. The topological polar surface area (TPSA) is 307 Å². The molecule has 17 atom stereocenters. The second kappa shape index (κ2) is 44.5. The number of aliphatic hydroxyl groups excluding tert-OH is 11. The van der Waals surface area contributed by atoms with Gasteiger partial charge in [-0.15, -0.1) is 0 Å². The number of carbonyl (C=O) groups excluding carboxylic acids is 1. The molecule has 3 fully saturated rings. The summed E-state index contributed by atoms with van der Waals surface area (Å²) >= 11 is 0. The highest BCUT2D eigenvalue weighted by molar-refractivity contribution is 5.76. The van der Waals surface area contributed by atoms with Crippen molar-refractivity contribution in [2.75, 3.05) is 26.4 Å². The van der Waals surface area contributed by atoms with Crippen molar-refractivity contribution in [2.24, 2.45) is 0 Å². The van der Waals surface area contributed by atoms with Gasteiger partial charge in [0.05, 0.1) is 38.6 Å². The normalized spacial score (nSPS) is 30.2. The average Bonchev–Trinajstić information content (AvgIpc) is 3.47. The average molecular weight is 1150 g/mol. The molecule has 80 heavy (non-hydrogen) atoms.